The third-order valence-electron chi connectivity index (χ3n) is 5.49. The number of hydrogen-bond acceptors (Lipinski definition) is 2. The summed E-state index contributed by atoms with van der Waals surface area (Å²) in [4.78, 5) is 12.9. The molecule has 1 amide bonds. The predicted octanol–water partition coefficient (Wildman–Crippen LogP) is 2.91. The molecule has 3 nitrogen and oxygen atoms in total. The van der Waals surface area contributed by atoms with Crippen LogP contribution in [0, 0.1) is 11.2 Å². The van der Waals surface area contributed by atoms with Crippen molar-refractivity contribution in [3.05, 3.63) is 35.6 Å². The summed E-state index contributed by atoms with van der Waals surface area (Å²) in [6.45, 7) is 4.17. The first-order valence-corrected chi connectivity index (χ1v) is 8.10. The van der Waals surface area contributed by atoms with Gasteiger partial charge >= 0.3 is 0 Å². The number of aliphatic hydroxyl groups excluding tert-OH is 1. The summed E-state index contributed by atoms with van der Waals surface area (Å²) in [5, 5.41) is 12.7. The molecule has 1 atom stereocenters. The lowest BCUT2D eigenvalue weighted by atomic mass is 9.85. The van der Waals surface area contributed by atoms with Gasteiger partial charge in [-0.15, -0.1) is 0 Å². The fourth-order valence-electron chi connectivity index (χ4n) is 3.89. The maximum absolute atomic E-state index is 13.2. The van der Waals surface area contributed by atoms with Gasteiger partial charge in [0, 0.05) is 6.04 Å². The maximum Gasteiger partial charge on any atom is 0.231 e. The molecule has 4 heteroatoms. The molecule has 0 saturated heterocycles. The number of benzene rings is 1. The van der Waals surface area contributed by atoms with Crippen molar-refractivity contribution in [2.75, 3.05) is 0 Å². The smallest absolute Gasteiger partial charge is 0.231 e. The number of carbonyl (C=O) groups is 1. The van der Waals surface area contributed by atoms with Crippen molar-refractivity contribution in [3.63, 3.8) is 0 Å². The molecule has 0 unspecified atom stereocenters. The van der Waals surface area contributed by atoms with Crippen LogP contribution >= 0.6 is 0 Å². The van der Waals surface area contributed by atoms with Gasteiger partial charge in [0.1, 0.15) is 5.82 Å². The summed E-state index contributed by atoms with van der Waals surface area (Å²) in [5.41, 5.74) is 0.243. The van der Waals surface area contributed by atoms with Crippen molar-refractivity contribution in [3.8, 4) is 0 Å². The zero-order valence-electron chi connectivity index (χ0n) is 13.2. The minimum atomic E-state index is -0.545. The summed E-state index contributed by atoms with van der Waals surface area (Å²) >= 11 is 0. The van der Waals surface area contributed by atoms with Crippen molar-refractivity contribution in [1.82, 2.24) is 5.32 Å². The molecular weight excluding hydrogens is 281 g/mol. The Morgan fingerprint density at radius 1 is 1.18 bits per heavy atom. The van der Waals surface area contributed by atoms with E-state index in [2.05, 4.69) is 19.2 Å². The van der Waals surface area contributed by atoms with E-state index in [0.717, 1.165) is 37.7 Å². The molecule has 2 fully saturated rings. The molecule has 120 valence electrons. The van der Waals surface area contributed by atoms with E-state index in [1.54, 1.807) is 12.1 Å². The lowest BCUT2D eigenvalue weighted by molar-refractivity contribution is -0.125. The molecule has 0 bridgehead atoms. The molecule has 0 aliphatic heterocycles. The van der Waals surface area contributed by atoms with Gasteiger partial charge in [0.25, 0.3) is 0 Å². The van der Waals surface area contributed by atoms with Crippen LogP contribution in [0.1, 0.15) is 51.5 Å². The number of amides is 1. The van der Waals surface area contributed by atoms with Gasteiger partial charge in [0.2, 0.25) is 5.91 Å². The average Bonchev–Trinajstić information content (AvgIpc) is 3.06. The molecule has 2 aliphatic rings. The molecule has 2 N–H and O–H groups in total. The minimum Gasteiger partial charge on any atom is -0.393 e. The molecule has 2 aliphatic carbocycles. The quantitative estimate of drug-likeness (QED) is 0.902. The topological polar surface area (TPSA) is 49.3 Å². The Labute approximate surface area is 130 Å². The number of hydrogen-bond donors (Lipinski definition) is 2. The zero-order valence-corrected chi connectivity index (χ0v) is 13.2. The van der Waals surface area contributed by atoms with E-state index in [1.165, 1.54) is 12.1 Å². The normalized spacial score (nSPS) is 33.3. The second-order valence-electron chi connectivity index (χ2n) is 7.45. The minimum absolute atomic E-state index is 0.0468. The van der Waals surface area contributed by atoms with E-state index in [-0.39, 0.29) is 29.3 Å². The lowest BCUT2D eigenvalue weighted by Gasteiger charge is -2.29. The van der Waals surface area contributed by atoms with Crippen molar-refractivity contribution in [1.29, 1.82) is 0 Å². The van der Waals surface area contributed by atoms with Crippen molar-refractivity contribution in [2.24, 2.45) is 5.41 Å². The molecule has 0 aromatic heterocycles. The second-order valence-corrected chi connectivity index (χ2v) is 7.45. The Morgan fingerprint density at radius 3 is 2.23 bits per heavy atom. The molecule has 1 aromatic rings. The summed E-state index contributed by atoms with van der Waals surface area (Å²) in [5.74, 6) is -0.232. The second kappa shape index (κ2) is 5.34. The number of halogens is 1. The van der Waals surface area contributed by atoms with Crippen LogP contribution in [0.2, 0.25) is 0 Å². The Morgan fingerprint density at radius 2 is 1.73 bits per heavy atom. The van der Waals surface area contributed by atoms with E-state index in [1.807, 2.05) is 0 Å². The Bertz CT molecular complexity index is 561. The van der Waals surface area contributed by atoms with Crippen LogP contribution in [0.25, 0.3) is 0 Å². The third kappa shape index (κ3) is 2.54. The van der Waals surface area contributed by atoms with Gasteiger partial charge in [-0.25, -0.2) is 4.39 Å². The predicted molar refractivity (Wildman–Crippen MR) is 82.9 cm³/mol. The zero-order chi connectivity index (χ0) is 16.0. The summed E-state index contributed by atoms with van der Waals surface area (Å²) in [6, 6.07) is 6.46. The van der Waals surface area contributed by atoms with Crippen LogP contribution in [-0.4, -0.2) is 23.2 Å². The number of rotatable bonds is 3. The lowest BCUT2D eigenvalue weighted by Crippen LogP contribution is -2.45. The highest BCUT2D eigenvalue weighted by Gasteiger charge is 2.67. The van der Waals surface area contributed by atoms with Gasteiger partial charge in [0.15, 0.2) is 0 Å². The molecular formula is C18H24FNO2. The molecule has 3 rings (SSSR count). The van der Waals surface area contributed by atoms with Crippen LogP contribution in [0.5, 0.6) is 0 Å². The number of aliphatic hydroxyl groups is 1. The fourth-order valence-corrected chi connectivity index (χ4v) is 3.89. The monoisotopic (exact) mass is 305 g/mol. The molecule has 22 heavy (non-hydrogen) atoms. The number of nitrogens with one attached hydrogen (secondary N) is 1. The molecule has 1 aromatic carbocycles. The van der Waals surface area contributed by atoms with Crippen molar-refractivity contribution >= 4 is 5.91 Å². The van der Waals surface area contributed by atoms with E-state index in [9.17, 15) is 14.3 Å². The summed E-state index contributed by atoms with van der Waals surface area (Å²) in [7, 11) is 0. The third-order valence-corrected chi connectivity index (χ3v) is 5.49. The summed E-state index contributed by atoms with van der Waals surface area (Å²) < 4.78 is 13.2. The van der Waals surface area contributed by atoms with E-state index >= 15 is 0 Å². The number of carbonyl (C=O) groups excluding carboxylic acids is 1. The Hall–Kier alpha value is -1.42. The van der Waals surface area contributed by atoms with Gasteiger partial charge in [0.05, 0.1) is 11.5 Å². The Balaban J connectivity index is 1.77. The highest BCUT2D eigenvalue weighted by atomic mass is 19.1. The van der Waals surface area contributed by atoms with Gasteiger partial charge in [-0.1, -0.05) is 26.0 Å². The highest BCUT2D eigenvalue weighted by Crippen LogP contribution is 2.64. The van der Waals surface area contributed by atoms with Crippen LogP contribution in [0.4, 0.5) is 4.39 Å². The Kier molecular flexibility index (Phi) is 3.76. The summed E-state index contributed by atoms with van der Waals surface area (Å²) in [6.07, 6.45) is 3.71. The van der Waals surface area contributed by atoms with Gasteiger partial charge in [-0.2, -0.15) is 0 Å². The molecule has 2 saturated carbocycles. The van der Waals surface area contributed by atoms with Crippen molar-refractivity contribution < 1.29 is 14.3 Å². The van der Waals surface area contributed by atoms with Crippen LogP contribution in [0.3, 0.4) is 0 Å². The largest absolute Gasteiger partial charge is 0.393 e. The first-order valence-electron chi connectivity index (χ1n) is 8.10. The van der Waals surface area contributed by atoms with E-state index < -0.39 is 5.41 Å². The first kappa shape index (κ1) is 15.5. The van der Waals surface area contributed by atoms with E-state index in [0.29, 0.717) is 0 Å². The molecule has 0 spiro atoms. The molecule has 0 radical (unpaired) electrons. The van der Waals surface area contributed by atoms with Gasteiger partial charge in [-0.3, -0.25) is 4.79 Å². The van der Waals surface area contributed by atoms with Crippen LogP contribution < -0.4 is 5.32 Å². The van der Waals surface area contributed by atoms with Crippen molar-refractivity contribution in [2.45, 2.75) is 63.5 Å². The first-order chi connectivity index (χ1) is 10.3. The standard InChI is InChI=1S/C18H24FNO2/c1-17(2)11-18(17,12-3-5-13(19)6-4-12)16(22)20-14-7-9-15(21)10-8-14/h3-6,14-15,21H,7-11H2,1-2H3,(H,20,22)/t14?,15?,18-/m1/s1. The fraction of sp³-hybridized carbons (Fsp3) is 0.611. The SMILES string of the molecule is CC1(C)C[C@]1(C(=O)NC1CCC(O)CC1)c1ccc(F)cc1. The van der Waals surface area contributed by atoms with Gasteiger partial charge in [-0.05, 0) is 55.2 Å². The molecule has 0 heterocycles. The van der Waals surface area contributed by atoms with Crippen LogP contribution in [-0.2, 0) is 10.2 Å². The van der Waals surface area contributed by atoms with Gasteiger partial charge < -0.3 is 10.4 Å². The maximum atomic E-state index is 13.2. The van der Waals surface area contributed by atoms with E-state index in [4.69, 9.17) is 0 Å². The van der Waals surface area contributed by atoms with Crippen LogP contribution in [0.15, 0.2) is 24.3 Å². The highest BCUT2D eigenvalue weighted by molar-refractivity contribution is 5.93. The average molecular weight is 305 g/mol.